The Morgan fingerprint density at radius 2 is 1.71 bits per heavy atom. The summed E-state index contributed by atoms with van der Waals surface area (Å²) >= 11 is 0. The molecule has 0 aromatic heterocycles. The highest BCUT2D eigenvalue weighted by molar-refractivity contribution is 5.93. The third-order valence-electron chi connectivity index (χ3n) is 7.97. The molecule has 4 atom stereocenters. The second-order valence-electron chi connectivity index (χ2n) is 10.9. The Hall–Kier alpha value is -3.75. The quantitative estimate of drug-likeness (QED) is 0.317. The molecule has 1 aliphatic rings. The SMILES string of the molecule is CNC(=O)C(Cc1ccccc1)NC(=O)C(C(C)c1ccc2ccccc2c1)N(C)C(=O)COCC1CCCCN1. The molecule has 8 heteroatoms. The summed E-state index contributed by atoms with van der Waals surface area (Å²) in [6.45, 7) is 3.23. The first-order chi connectivity index (χ1) is 19.9. The number of hydrogen-bond donors (Lipinski definition) is 3. The van der Waals surface area contributed by atoms with Crippen LogP contribution in [0.2, 0.25) is 0 Å². The second-order valence-corrected chi connectivity index (χ2v) is 10.9. The summed E-state index contributed by atoms with van der Waals surface area (Å²) in [5.74, 6) is -1.32. The number of likely N-dealkylation sites (N-methyl/N-ethyl adjacent to an activating group) is 2. The number of hydrogen-bond acceptors (Lipinski definition) is 5. The third kappa shape index (κ3) is 8.15. The Labute approximate surface area is 242 Å². The Bertz CT molecular complexity index is 1310. The van der Waals surface area contributed by atoms with Crippen LogP contribution >= 0.6 is 0 Å². The molecule has 4 unspecified atom stereocenters. The van der Waals surface area contributed by atoms with Gasteiger partial charge in [0.25, 0.3) is 0 Å². The van der Waals surface area contributed by atoms with E-state index in [1.165, 1.54) is 4.90 Å². The minimum atomic E-state index is -0.858. The zero-order valence-corrected chi connectivity index (χ0v) is 24.3. The van der Waals surface area contributed by atoms with Crippen molar-refractivity contribution in [3.05, 3.63) is 83.9 Å². The third-order valence-corrected chi connectivity index (χ3v) is 7.97. The van der Waals surface area contributed by atoms with Gasteiger partial charge in [0.15, 0.2) is 0 Å². The first-order valence-corrected chi connectivity index (χ1v) is 14.5. The molecule has 218 valence electrons. The van der Waals surface area contributed by atoms with Gasteiger partial charge in [-0.15, -0.1) is 0 Å². The van der Waals surface area contributed by atoms with E-state index in [-0.39, 0.29) is 36.3 Å². The Morgan fingerprint density at radius 1 is 0.976 bits per heavy atom. The standard InChI is InChI=1S/C33H42N4O4/c1-23(26-17-16-25-13-7-8-14-27(25)20-26)31(37(3)30(38)22-41-21-28-15-9-10-18-35-28)33(40)36-29(32(39)34-2)19-24-11-5-4-6-12-24/h4-8,11-14,16-17,20,23,28-29,31,35H,9-10,15,18-19,21-22H2,1-3H3,(H,34,39)(H,36,40). The smallest absolute Gasteiger partial charge is 0.249 e. The van der Waals surface area contributed by atoms with Crippen LogP contribution in [0.4, 0.5) is 0 Å². The normalized spacial score (nSPS) is 17.3. The van der Waals surface area contributed by atoms with E-state index in [1.54, 1.807) is 14.1 Å². The van der Waals surface area contributed by atoms with Crippen molar-refractivity contribution < 1.29 is 19.1 Å². The minimum absolute atomic E-state index is 0.119. The van der Waals surface area contributed by atoms with E-state index in [2.05, 4.69) is 22.0 Å². The molecule has 3 aromatic rings. The number of carbonyl (C=O) groups excluding carboxylic acids is 3. The number of fused-ring (bicyclic) bond motifs is 1. The minimum Gasteiger partial charge on any atom is -0.370 e. The van der Waals surface area contributed by atoms with Crippen LogP contribution in [0.5, 0.6) is 0 Å². The maximum Gasteiger partial charge on any atom is 0.249 e. The summed E-state index contributed by atoms with van der Waals surface area (Å²) < 4.78 is 5.80. The largest absolute Gasteiger partial charge is 0.370 e. The topological polar surface area (TPSA) is 99.8 Å². The lowest BCUT2D eigenvalue weighted by atomic mass is 9.89. The van der Waals surface area contributed by atoms with Crippen LogP contribution in [0.3, 0.4) is 0 Å². The monoisotopic (exact) mass is 558 g/mol. The first kappa shape index (κ1) is 30.2. The summed E-state index contributed by atoms with van der Waals surface area (Å²) in [6.07, 6.45) is 3.66. The number of benzene rings is 3. The lowest BCUT2D eigenvalue weighted by Crippen LogP contribution is -2.56. The Kier molecular flexibility index (Phi) is 10.9. The molecular formula is C33H42N4O4. The molecular weight excluding hydrogens is 516 g/mol. The summed E-state index contributed by atoms with van der Waals surface area (Å²) in [5, 5.41) is 11.2. The van der Waals surface area contributed by atoms with Crippen molar-refractivity contribution in [3.8, 4) is 0 Å². The lowest BCUT2D eigenvalue weighted by molar-refractivity contribution is -0.144. The van der Waals surface area contributed by atoms with Gasteiger partial charge in [0.2, 0.25) is 17.7 Å². The van der Waals surface area contributed by atoms with Crippen LogP contribution in [-0.4, -0.2) is 74.6 Å². The van der Waals surface area contributed by atoms with Crippen LogP contribution in [0.1, 0.15) is 43.2 Å². The lowest BCUT2D eigenvalue weighted by Gasteiger charge is -2.33. The van der Waals surface area contributed by atoms with Gasteiger partial charge in [0.1, 0.15) is 18.7 Å². The van der Waals surface area contributed by atoms with Crippen LogP contribution in [0.15, 0.2) is 72.8 Å². The van der Waals surface area contributed by atoms with E-state index in [4.69, 9.17) is 4.74 Å². The highest BCUT2D eigenvalue weighted by Gasteiger charge is 2.35. The van der Waals surface area contributed by atoms with Gasteiger partial charge < -0.3 is 25.6 Å². The Morgan fingerprint density at radius 3 is 2.41 bits per heavy atom. The van der Waals surface area contributed by atoms with Gasteiger partial charge in [0.05, 0.1) is 6.61 Å². The van der Waals surface area contributed by atoms with Gasteiger partial charge in [0, 0.05) is 32.5 Å². The molecule has 0 spiro atoms. The van der Waals surface area contributed by atoms with Crippen molar-refractivity contribution in [2.75, 3.05) is 33.9 Å². The molecule has 3 N–H and O–H groups in total. The van der Waals surface area contributed by atoms with Gasteiger partial charge in [-0.3, -0.25) is 14.4 Å². The fourth-order valence-electron chi connectivity index (χ4n) is 5.51. The van der Waals surface area contributed by atoms with Crippen molar-refractivity contribution in [3.63, 3.8) is 0 Å². The number of piperidine rings is 1. The molecule has 0 bridgehead atoms. The highest BCUT2D eigenvalue weighted by Crippen LogP contribution is 2.27. The first-order valence-electron chi connectivity index (χ1n) is 14.5. The number of nitrogens with zero attached hydrogens (tertiary/aromatic N) is 1. The molecule has 0 radical (unpaired) electrons. The molecule has 3 aromatic carbocycles. The number of amides is 3. The van der Waals surface area contributed by atoms with E-state index < -0.39 is 12.1 Å². The highest BCUT2D eigenvalue weighted by atomic mass is 16.5. The van der Waals surface area contributed by atoms with Crippen LogP contribution in [-0.2, 0) is 25.5 Å². The number of rotatable bonds is 12. The molecule has 41 heavy (non-hydrogen) atoms. The van der Waals surface area contributed by atoms with Crippen molar-refractivity contribution in [1.29, 1.82) is 0 Å². The van der Waals surface area contributed by atoms with Crippen molar-refractivity contribution >= 4 is 28.5 Å². The van der Waals surface area contributed by atoms with Crippen LogP contribution in [0.25, 0.3) is 10.8 Å². The van der Waals surface area contributed by atoms with E-state index in [0.717, 1.165) is 47.7 Å². The van der Waals surface area contributed by atoms with E-state index in [9.17, 15) is 14.4 Å². The molecule has 0 aliphatic carbocycles. The summed E-state index contributed by atoms with van der Waals surface area (Å²) in [6, 6.07) is 22.3. The number of nitrogens with one attached hydrogen (secondary N) is 3. The predicted octanol–water partition coefficient (Wildman–Crippen LogP) is 3.40. The van der Waals surface area contributed by atoms with Gasteiger partial charge >= 0.3 is 0 Å². The molecule has 0 saturated carbocycles. The van der Waals surface area contributed by atoms with E-state index in [1.807, 2.05) is 73.7 Å². The average molecular weight is 559 g/mol. The molecule has 1 fully saturated rings. The zero-order chi connectivity index (χ0) is 29.2. The van der Waals surface area contributed by atoms with Gasteiger partial charge in [-0.1, -0.05) is 86.1 Å². The predicted molar refractivity (Wildman–Crippen MR) is 162 cm³/mol. The molecule has 1 heterocycles. The molecule has 8 nitrogen and oxygen atoms in total. The Balaban J connectivity index is 1.55. The summed E-state index contributed by atoms with van der Waals surface area (Å²) in [5.41, 5.74) is 1.85. The maximum absolute atomic E-state index is 14.0. The second kappa shape index (κ2) is 14.8. The zero-order valence-electron chi connectivity index (χ0n) is 24.3. The van der Waals surface area contributed by atoms with Crippen LogP contribution < -0.4 is 16.0 Å². The fourth-order valence-corrected chi connectivity index (χ4v) is 5.51. The average Bonchev–Trinajstić information content (AvgIpc) is 3.01. The number of carbonyl (C=O) groups is 3. The molecule has 1 saturated heterocycles. The maximum atomic E-state index is 14.0. The van der Waals surface area contributed by atoms with Crippen molar-refractivity contribution in [2.24, 2.45) is 0 Å². The molecule has 1 aliphatic heterocycles. The van der Waals surface area contributed by atoms with Gasteiger partial charge in [-0.25, -0.2) is 0 Å². The van der Waals surface area contributed by atoms with E-state index in [0.29, 0.717) is 13.0 Å². The molecule has 3 amide bonds. The summed E-state index contributed by atoms with van der Waals surface area (Å²) in [4.78, 5) is 41.6. The van der Waals surface area contributed by atoms with Crippen LogP contribution in [0, 0.1) is 0 Å². The van der Waals surface area contributed by atoms with Crippen molar-refractivity contribution in [1.82, 2.24) is 20.9 Å². The number of ether oxygens (including phenoxy) is 1. The molecule has 4 rings (SSSR count). The van der Waals surface area contributed by atoms with Crippen molar-refractivity contribution in [2.45, 2.75) is 56.7 Å². The summed E-state index contributed by atoms with van der Waals surface area (Å²) in [7, 11) is 3.19. The fraction of sp³-hybridized carbons (Fsp3) is 0.424. The van der Waals surface area contributed by atoms with Gasteiger partial charge in [-0.05, 0) is 41.3 Å². The van der Waals surface area contributed by atoms with Gasteiger partial charge in [-0.2, -0.15) is 0 Å². The van der Waals surface area contributed by atoms with E-state index >= 15 is 0 Å².